The van der Waals surface area contributed by atoms with Gasteiger partial charge >= 0.3 is 6.18 Å². The number of alkyl halides is 3. The van der Waals surface area contributed by atoms with Crippen LogP contribution in [0.5, 0.6) is 0 Å². The van der Waals surface area contributed by atoms with Gasteiger partial charge in [-0.3, -0.25) is 0 Å². The molecule has 0 aliphatic rings. The number of aliphatic hydroxyl groups excluding tert-OH is 1. The molecule has 0 spiro atoms. The van der Waals surface area contributed by atoms with Crippen LogP contribution in [0, 0.1) is 0 Å². The van der Waals surface area contributed by atoms with Gasteiger partial charge < -0.3 is 10.4 Å². The third-order valence-electron chi connectivity index (χ3n) is 3.85. The number of rotatable bonds is 5. The second kappa shape index (κ2) is 7.11. The lowest BCUT2D eigenvalue weighted by molar-refractivity contribution is -0.140. The molecule has 0 bridgehead atoms. The summed E-state index contributed by atoms with van der Waals surface area (Å²) >= 11 is 0. The average molecular weight is 346 g/mol. The number of nitrogens with one attached hydrogen (secondary N) is 1. The maximum absolute atomic E-state index is 13.0. The molecular formula is C19H17F3N2O. The first kappa shape index (κ1) is 17.2. The van der Waals surface area contributed by atoms with Crippen LogP contribution in [0.2, 0.25) is 0 Å². The predicted octanol–water partition coefficient (Wildman–Crippen LogP) is 4.27. The van der Waals surface area contributed by atoms with Gasteiger partial charge in [0.15, 0.2) is 0 Å². The van der Waals surface area contributed by atoms with Crippen molar-refractivity contribution in [3.63, 3.8) is 0 Å². The smallest absolute Gasteiger partial charge is 0.391 e. The fourth-order valence-corrected chi connectivity index (χ4v) is 2.65. The molecule has 0 saturated heterocycles. The van der Waals surface area contributed by atoms with Gasteiger partial charge in [0.05, 0.1) is 11.6 Å². The molecule has 0 aliphatic carbocycles. The minimum absolute atomic E-state index is 0.139. The first-order valence-electron chi connectivity index (χ1n) is 7.86. The van der Waals surface area contributed by atoms with E-state index in [1.807, 2.05) is 30.3 Å². The van der Waals surface area contributed by atoms with Gasteiger partial charge in [-0.05, 0) is 17.7 Å². The average Bonchev–Trinajstić information content (AvgIpc) is 2.59. The Morgan fingerprint density at radius 2 is 1.68 bits per heavy atom. The zero-order valence-corrected chi connectivity index (χ0v) is 13.3. The highest BCUT2D eigenvalue weighted by Gasteiger charge is 2.33. The normalized spacial score (nSPS) is 13.0. The molecule has 6 heteroatoms. The topological polar surface area (TPSA) is 45.1 Å². The number of aromatic nitrogens is 1. The largest absolute Gasteiger partial charge is 0.433 e. The van der Waals surface area contributed by atoms with Crippen LogP contribution in [-0.2, 0) is 12.6 Å². The van der Waals surface area contributed by atoms with Crippen molar-refractivity contribution in [1.82, 2.24) is 4.98 Å². The lowest BCUT2D eigenvalue weighted by Crippen LogP contribution is -2.22. The van der Waals surface area contributed by atoms with E-state index in [0.717, 1.165) is 11.6 Å². The molecular weight excluding hydrogens is 329 g/mol. The fraction of sp³-hybridized carbons (Fsp3) is 0.211. The van der Waals surface area contributed by atoms with Crippen molar-refractivity contribution in [2.45, 2.75) is 18.7 Å². The summed E-state index contributed by atoms with van der Waals surface area (Å²) in [5.41, 5.74) is 0.584. The highest BCUT2D eigenvalue weighted by molar-refractivity contribution is 5.91. The second-order valence-electron chi connectivity index (χ2n) is 5.79. The Bertz CT molecular complexity index is 850. The van der Waals surface area contributed by atoms with E-state index in [9.17, 15) is 18.3 Å². The zero-order valence-electron chi connectivity index (χ0n) is 13.3. The molecule has 130 valence electrons. The van der Waals surface area contributed by atoms with E-state index >= 15 is 0 Å². The summed E-state index contributed by atoms with van der Waals surface area (Å²) in [6.45, 7) is 0.139. The monoisotopic (exact) mass is 346 g/mol. The number of halogens is 3. The van der Waals surface area contributed by atoms with Gasteiger partial charge in [-0.1, -0.05) is 48.5 Å². The van der Waals surface area contributed by atoms with Crippen LogP contribution in [0.3, 0.4) is 0 Å². The first-order chi connectivity index (χ1) is 11.9. The number of nitrogens with zero attached hydrogens (tertiary/aromatic N) is 1. The summed E-state index contributed by atoms with van der Waals surface area (Å²) < 4.78 is 39.1. The maximum atomic E-state index is 13.0. The van der Waals surface area contributed by atoms with Crippen molar-refractivity contribution in [2.75, 3.05) is 11.9 Å². The summed E-state index contributed by atoms with van der Waals surface area (Å²) in [5, 5.41) is 13.7. The molecule has 3 aromatic rings. The Morgan fingerprint density at radius 3 is 2.40 bits per heavy atom. The van der Waals surface area contributed by atoms with Crippen molar-refractivity contribution in [3.05, 3.63) is 71.9 Å². The highest BCUT2D eigenvalue weighted by Crippen LogP contribution is 2.32. The number of aliphatic hydroxyl groups is 1. The van der Waals surface area contributed by atoms with Crippen LogP contribution < -0.4 is 5.32 Å². The van der Waals surface area contributed by atoms with Crippen molar-refractivity contribution < 1.29 is 18.3 Å². The number of anilines is 1. The van der Waals surface area contributed by atoms with Crippen molar-refractivity contribution in [2.24, 2.45) is 0 Å². The Morgan fingerprint density at radius 1 is 1.00 bits per heavy atom. The fourth-order valence-electron chi connectivity index (χ4n) is 2.65. The van der Waals surface area contributed by atoms with Gasteiger partial charge in [-0.15, -0.1) is 0 Å². The SMILES string of the molecule is OC(CNc1cc(C(F)(F)F)nc2ccccc12)Cc1ccccc1. The summed E-state index contributed by atoms with van der Waals surface area (Å²) in [4.78, 5) is 3.67. The zero-order chi connectivity index (χ0) is 17.9. The van der Waals surface area contributed by atoms with E-state index in [4.69, 9.17) is 0 Å². The molecule has 0 aliphatic heterocycles. The van der Waals surface area contributed by atoms with Gasteiger partial charge in [0.1, 0.15) is 5.69 Å². The van der Waals surface area contributed by atoms with Crippen molar-refractivity contribution in [3.8, 4) is 0 Å². The van der Waals surface area contributed by atoms with E-state index in [1.54, 1.807) is 18.2 Å². The number of hydrogen-bond donors (Lipinski definition) is 2. The molecule has 1 unspecified atom stereocenters. The standard InChI is InChI=1S/C19H17F3N2O/c20-19(21,22)18-11-17(15-8-4-5-9-16(15)24-18)23-12-14(25)10-13-6-2-1-3-7-13/h1-9,11,14,25H,10,12H2,(H,23,24). The molecule has 2 N–H and O–H groups in total. The second-order valence-corrected chi connectivity index (χ2v) is 5.79. The lowest BCUT2D eigenvalue weighted by atomic mass is 10.1. The van der Waals surface area contributed by atoms with E-state index in [-0.39, 0.29) is 12.1 Å². The molecule has 1 heterocycles. The van der Waals surface area contributed by atoms with E-state index in [2.05, 4.69) is 10.3 Å². The Balaban J connectivity index is 1.80. The number of hydrogen-bond acceptors (Lipinski definition) is 3. The lowest BCUT2D eigenvalue weighted by Gasteiger charge is -2.16. The predicted molar refractivity (Wildman–Crippen MR) is 91.4 cm³/mol. The van der Waals surface area contributed by atoms with Crippen molar-refractivity contribution in [1.29, 1.82) is 0 Å². The van der Waals surface area contributed by atoms with Crippen molar-refractivity contribution >= 4 is 16.6 Å². The molecule has 0 saturated carbocycles. The Kier molecular flexibility index (Phi) is 4.90. The number of pyridine rings is 1. The maximum Gasteiger partial charge on any atom is 0.433 e. The molecule has 3 rings (SSSR count). The van der Waals surface area contributed by atoms with Crippen LogP contribution in [-0.4, -0.2) is 22.7 Å². The van der Waals surface area contributed by atoms with E-state index in [1.165, 1.54) is 6.07 Å². The third-order valence-corrected chi connectivity index (χ3v) is 3.85. The molecule has 1 atom stereocenters. The third kappa shape index (κ3) is 4.28. The van der Waals surface area contributed by atoms with Gasteiger partial charge in [-0.25, -0.2) is 4.98 Å². The van der Waals surface area contributed by atoms with Crippen LogP contribution in [0.4, 0.5) is 18.9 Å². The van der Waals surface area contributed by atoms with Crippen LogP contribution in [0.25, 0.3) is 10.9 Å². The molecule has 0 radical (unpaired) electrons. The Labute approximate surface area is 143 Å². The first-order valence-corrected chi connectivity index (χ1v) is 7.86. The molecule has 1 aromatic heterocycles. The van der Waals surface area contributed by atoms with Gasteiger partial charge in [0.25, 0.3) is 0 Å². The van der Waals surface area contributed by atoms with E-state index in [0.29, 0.717) is 17.5 Å². The van der Waals surface area contributed by atoms with Crippen LogP contribution >= 0.6 is 0 Å². The minimum Gasteiger partial charge on any atom is -0.391 e. The minimum atomic E-state index is -4.52. The number of benzene rings is 2. The van der Waals surface area contributed by atoms with Crippen LogP contribution in [0.15, 0.2) is 60.7 Å². The van der Waals surface area contributed by atoms with Gasteiger partial charge in [0, 0.05) is 24.0 Å². The van der Waals surface area contributed by atoms with Crippen LogP contribution in [0.1, 0.15) is 11.3 Å². The molecule has 0 amide bonds. The molecule has 3 nitrogen and oxygen atoms in total. The molecule has 0 fully saturated rings. The summed E-state index contributed by atoms with van der Waals surface area (Å²) in [6, 6.07) is 17.0. The van der Waals surface area contributed by atoms with E-state index < -0.39 is 18.0 Å². The van der Waals surface area contributed by atoms with Gasteiger partial charge in [-0.2, -0.15) is 13.2 Å². The Hall–Kier alpha value is -2.60. The molecule has 25 heavy (non-hydrogen) atoms. The summed E-state index contributed by atoms with van der Waals surface area (Å²) in [5.74, 6) is 0. The van der Waals surface area contributed by atoms with Gasteiger partial charge in [0.2, 0.25) is 0 Å². The highest BCUT2D eigenvalue weighted by atomic mass is 19.4. The molecule has 2 aromatic carbocycles. The summed E-state index contributed by atoms with van der Waals surface area (Å²) in [7, 11) is 0. The number of fused-ring (bicyclic) bond motifs is 1. The summed E-state index contributed by atoms with van der Waals surface area (Å²) in [6.07, 6.45) is -4.82. The number of para-hydroxylation sites is 1. The quantitative estimate of drug-likeness (QED) is 0.725.